The Kier molecular flexibility index (Phi) is 3.22. The van der Waals surface area contributed by atoms with Crippen molar-refractivity contribution in [1.82, 2.24) is 0 Å². The second-order valence-corrected chi connectivity index (χ2v) is 8.45. The number of ketones is 1. The second kappa shape index (κ2) is 4.78. The molecule has 0 saturated heterocycles. The lowest BCUT2D eigenvalue weighted by molar-refractivity contribution is -0.135. The van der Waals surface area contributed by atoms with Crippen molar-refractivity contribution < 1.29 is 14.3 Å². The highest BCUT2D eigenvalue weighted by Gasteiger charge is 2.58. The van der Waals surface area contributed by atoms with Gasteiger partial charge in [0.05, 0.1) is 6.10 Å². The third-order valence-electron chi connectivity index (χ3n) is 7.68. The fourth-order valence-corrected chi connectivity index (χ4v) is 6.66. The predicted molar refractivity (Wildman–Crippen MR) is 78.4 cm³/mol. The van der Waals surface area contributed by atoms with Crippen molar-refractivity contribution in [2.75, 3.05) is 0 Å². The molecule has 8 atom stereocenters. The summed E-state index contributed by atoms with van der Waals surface area (Å²) < 4.78 is 14.6. The minimum atomic E-state index is -0.903. The van der Waals surface area contributed by atoms with E-state index in [9.17, 15) is 14.3 Å². The zero-order chi connectivity index (χ0) is 14.8. The maximum absolute atomic E-state index is 14.6. The molecule has 1 N–H and O–H groups in total. The van der Waals surface area contributed by atoms with Crippen molar-refractivity contribution in [2.45, 2.75) is 70.6 Å². The third kappa shape index (κ3) is 1.95. The summed E-state index contributed by atoms with van der Waals surface area (Å²) in [5.41, 5.74) is 0.0737. The molecule has 0 amide bonds. The number of aliphatic hydroxyl groups excluding tert-OH is 1. The van der Waals surface area contributed by atoms with Crippen LogP contribution in [0.15, 0.2) is 0 Å². The largest absolute Gasteiger partial charge is 0.393 e. The van der Waals surface area contributed by atoms with Crippen LogP contribution in [-0.2, 0) is 4.79 Å². The van der Waals surface area contributed by atoms with Gasteiger partial charge in [0.25, 0.3) is 0 Å². The molecule has 118 valence electrons. The number of hydrogen-bond acceptors (Lipinski definition) is 2. The van der Waals surface area contributed by atoms with Gasteiger partial charge in [-0.2, -0.15) is 0 Å². The Hall–Kier alpha value is -0.440. The van der Waals surface area contributed by atoms with Gasteiger partial charge in [-0.1, -0.05) is 6.92 Å². The van der Waals surface area contributed by atoms with Gasteiger partial charge in [-0.25, -0.2) is 4.39 Å². The molecular weight excluding hydrogens is 267 g/mol. The molecule has 0 aliphatic heterocycles. The SMILES string of the molecule is C[C@]12CC[C@H]3[C@@H](CCC4CC(=O)C[C@@H](F)[C@@H]43)[C@@H]1CC[C@@H]2O. The molecule has 0 aromatic carbocycles. The number of rotatable bonds is 0. The molecule has 3 heteroatoms. The normalized spacial score (nSPS) is 56.5. The fraction of sp³-hybridized carbons (Fsp3) is 0.944. The highest BCUT2D eigenvalue weighted by Crippen LogP contribution is 2.62. The molecule has 4 saturated carbocycles. The van der Waals surface area contributed by atoms with Crippen molar-refractivity contribution in [3.63, 3.8) is 0 Å². The Balaban J connectivity index is 1.61. The molecule has 2 nitrogen and oxygen atoms in total. The van der Waals surface area contributed by atoms with E-state index in [0.717, 1.165) is 38.5 Å². The van der Waals surface area contributed by atoms with Crippen molar-refractivity contribution in [3.05, 3.63) is 0 Å². The average Bonchev–Trinajstić information content (AvgIpc) is 2.74. The monoisotopic (exact) mass is 294 g/mol. The number of carbonyl (C=O) groups is 1. The predicted octanol–water partition coefficient (Wildman–Crippen LogP) is 3.52. The molecule has 0 spiro atoms. The summed E-state index contributed by atoms with van der Waals surface area (Å²) in [6.07, 6.45) is 6.05. The molecular formula is C18H27FO2. The Bertz CT molecular complexity index is 450. The van der Waals surface area contributed by atoms with E-state index in [4.69, 9.17) is 0 Å². The summed E-state index contributed by atoms with van der Waals surface area (Å²) in [5, 5.41) is 10.4. The Morgan fingerprint density at radius 2 is 1.90 bits per heavy atom. The van der Waals surface area contributed by atoms with Gasteiger partial charge < -0.3 is 5.11 Å². The lowest BCUT2D eigenvalue weighted by Crippen LogP contribution is -2.52. The molecule has 1 unspecified atom stereocenters. The van der Waals surface area contributed by atoms with Crippen LogP contribution in [0.3, 0.4) is 0 Å². The summed E-state index contributed by atoms with van der Waals surface area (Å²) in [4.78, 5) is 11.7. The number of aliphatic hydroxyl groups is 1. The second-order valence-electron chi connectivity index (χ2n) is 8.45. The van der Waals surface area contributed by atoms with Crippen molar-refractivity contribution in [1.29, 1.82) is 0 Å². The maximum Gasteiger partial charge on any atom is 0.136 e. The van der Waals surface area contributed by atoms with Crippen LogP contribution in [0.1, 0.15) is 58.3 Å². The smallest absolute Gasteiger partial charge is 0.136 e. The number of fused-ring (bicyclic) bond motifs is 5. The summed E-state index contributed by atoms with van der Waals surface area (Å²) in [5.74, 6) is 2.21. The average molecular weight is 294 g/mol. The first-order chi connectivity index (χ1) is 10.0. The molecule has 0 aromatic rings. The van der Waals surface area contributed by atoms with Gasteiger partial charge in [0, 0.05) is 12.8 Å². The molecule has 0 aromatic heterocycles. The number of hydrogen-bond donors (Lipinski definition) is 1. The van der Waals surface area contributed by atoms with E-state index in [0.29, 0.717) is 30.1 Å². The topological polar surface area (TPSA) is 37.3 Å². The molecule has 0 bridgehead atoms. The van der Waals surface area contributed by atoms with E-state index in [1.165, 1.54) is 0 Å². The van der Waals surface area contributed by atoms with Gasteiger partial charge in [-0.15, -0.1) is 0 Å². The van der Waals surface area contributed by atoms with Crippen molar-refractivity contribution >= 4 is 5.78 Å². The first-order valence-electron chi connectivity index (χ1n) is 8.84. The minimum absolute atomic E-state index is 0.0737. The van der Waals surface area contributed by atoms with Crippen molar-refractivity contribution in [2.24, 2.45) is 35.0 Å². The van der Waals surface area contributed by atoms with E-state index in [1.807, 2.05) is 0 Å². The zero-order valence-corrected chi connectivity index (χ0v) is 12.9. The fourth-order valence-electron chi connectivity index (χ4n) is 6.66. The number of carbonyl (C=O) groups excluding carboxylic acids is 1. The highest BCUT2D eigenvalue weighted by molar-refractivity contribution is 5.80. The van der Waals surface area contributed by atoms with Crippen LogP contribution in [0.2, 0.25) is 0 Å². The Morgan fingerprint density at radius 3 is 2.71 bits per heavy atom. The number of Topliss-reactive ketones (excluding diaryl/α,β-unsaturated/α-hetero) is 1. The lowest BCUT2D eigenvalue weighted by atomic mass is 9.50. The standard InChI is InChI=1S/C18H27FO2/c1-18-7-6-13-12(14(18)4-5-16(18)21)3-2-10-8-11(20)9-15(19)17(10)13/h10,12-17,21H,2-9H2,1H3/t10?,12-,13+,14+,15-,16+,17+,18+/m1/s1. The Labute approximate surface area is 126 Å². The van der Waals surface area contributed by atoms with E-state index < -0.39 is 6.17 Å². The Morgan fingerprint density at radius 1 is 1.10 bits per heavy atom. The van der Waals surface area contributed by atoms with Gasteiger partial charge >= 0.3 is 0 Å². The van der Waals surface area contributed by atoms with Crippen LogP contribution in [0.25, 0.3) is 0 Å². The number of alkyl halides is 1. The molecule has 4 aliphatic rings. The summed E-state index contributed by atoms with van der Waals surface area (Å²) in [7, 11) is 0. The van der Waals surface area contributed by atoms with Crippen molar-refractivity contribution in [3.8, 4) is 0 Å². The van der Waals surface area contributed by atoms with E-state index in [1.54, 1.807) is 0 Å². The van der Waals surface area contributed by atoms with Gasteiger partial charge in [0.2, 0.25) is 0 Å². The van der Waals surface area contributed by atoms with Gasteiger partial charge in [0.15, 0.2) is 0 Å². The van der Waals surface area contributed by atoms with E-state index in [2.05, 4.69) is 6.92 Å². The van der Waals surface area contributed by atoms with Crippen LogP contribution < -0.4 is 0 Å². The maximum atomic E-state index is 14.6. The van der Waals surface area contributed by atoms with Crippen LogP contribution in [0.5, 0.6) is 0 Å². The highest BCUT2D eigenvalue weighted by atomic mass is 19.1. The van der Waals surface area contributed by atoms with Crippen LogP contribution >= 0.6 is 0 Å². The summed E-state index contributed by atoms with van der Waals surface area (Å²) in [6, 6.07) is 0. The number of halogens is 1. The van der Waals surface area contributed by atoms with Crippen LogP contribution in [0, 0.1) is 35.0 Å². The van der Waals surface area contributed by atoms with E-state index in [-0.39, 0.29) is 29.6 Å². The molecule has 4 aliphatic carbocycles. The van der Waals surface area contributed by atoms with E-state index >= 15 is 0 Å². The molecule has 0 radical (unpaired) electrons. The lowest BCUT2D eigenvalue weighted by Gasteiger charge is -2.55. The third-order valence-corrected chi connectivity index (χ3v) is 7.68. The molecule has 4 fully saturated rings. The summed E-state index contributed by atoms with van der Waals surface area (Å²) in [6.45, 7) is 2.26. The zero-order valence-electron chi connectivity index (χ0n) is 12.9. The van der Waals surface area contributed by atoms with Gasteiger partial charge in [-0.3, -0.25) is 4.79 Å². The van der Waals surface area contributed by atoms with Crippen LogP contribution in [0.4, 0.5) is 4.39 Å². The van der Waals surface area contributed by atoms with Gasteiger partial charge in [-0.05, 0) is 73.5 Å². The quantitative estimate of drug-likeness (QED) is 0.742. The molecule has 21 heavy (non-hydrogen) atoms. The van der Waals surface area contributed by atoms with Crippen LogP contribution in [-0.4, -0.2) is 23.2 Å². The first kappa shape index (κ1) is 14.2. The molecule has 4 rings (SSSR count). The first-order valence-corrected chi connectivity index (χ1v) is 8.84. The molecule has 0 heterocycles. The summed E-state index contributed by atoms with van der Waals surface area (Å²) >= 11 is 0. The minimum Gasteiger partial charge on any atom is -0.393 e. The van der Waals surface area contributed by atoms with Gasteiger partial charge in [0.1, 0.15) is 12.0 Å².